The summed E-state index contributed by atoms with van der Waals surface area (Å²) in [4.78, 5) is 17.2. The van der Waals surface area contributed by atoms with Gasteiger partial charge in [0.25, 0.3) is 0 Å². The van der Waals surface area contributed by atoms with Gasteiger partial charge in [0.15, 0.2) is 3.95 Å². The van der Waals surface area contributed by atoms with E-state index >= 15 is 0 Å². The molecule has 3 nitrogen and oxygen atoms in total. The van der Waals surface area contributed by atoms with Gasteiger partial charge in [-0.2, -0.15) is 0 Å². The van der Waals surface area contributed by atoms with Crippen molar-refractivity contribution in [1.29, 1.82) is 0 Å². The Bertz CT molecular complexity index is 453. The van der Waals surface area contributed by atoms with E-state index < -0.39 is 0 Å². The van der Waals surface area contributed by atoms with Gasteiger partial charge in [-0.05, 0) is 19.1 Å². The number of carbonyl (C=O) groups excluding carboxylic acids is 1. The molecule has 0 spiro atoms. The van der Waals surface area contributed by atoms with Crippen molar-refractivity contribution in [2.45, 2.75) is 13.3 Å². The van der Waals surface area contributed by atoms with Crippen molar-refractivity contribution in [1.82, 2.24) is 9.88 Å². The third kappa shape index (κ3) is 3.18. The molecular weight excluding hydrogens is 228 g/mol. The van der Waals surface area contributed by atoms with E-state index in [4.69, 9.17) is 18.6 Å². The number of nitrogens with zero attached hydrogens (tertiary/aromatic N) is 1. The number of nitrogens with one attached hydrogen (secondary N) is 1. The molecule has 1 aromatic heterocycles. The maximum Gasteiger partial charge on any atom is 0.228 e. The molecular formula is C10H12N2OS2. The largest absolute Gasteiger partial charge is 0.341 e. The first kappa shape index (κ1) is 12.0. The standard InChI is InChI=1S/C10H12N2OS2/c1-4-5-12(3)9(13)6-8-7(2)11-10(14)15-8/h1H,5-6H2,2-3H3,(H,11,14). The summed E-state index contributed by atoms with van der Waals surface area (Å²) in [6, 6.07) is 0. The normalized spacial score (nSPS) is 9.67. The Balaban J connectivity index is 2.71. The van der Waals surface area contributed by atoms with Crippen LogP contribution in [0.25, 0.3) is 0 Å². The second kappa shape index (κ2) is 5.10. The molecule has 1 amide bonds. The zero-order valence-corrected chi connectivity index (χ0v) is 10.3. The lowest BCUT2D eigenvalue weighted by molar-refractivity contribution is -0.128. The predicted octanol–water partition coefficient (Wildman–Crippen LogP) is 1.75. The van der Waals surface area contributed by atoms with Gasteiger partial charge in [0.2, 0.25) is 5.91 Å². The quantitative estimate of drug-likeness (QED) is 0.645. The Morgan fingerprint density at radius 1 is 1.73 bits per heavy atom. The number of H-pyrrole nitrogens is 1. The van der Waals surface area contributed by atoms with Gasteiger partial charge in [0, 0.05) is 17.6 Å². The Kier molecular flexibility index (Phi) is 4.06. The second-order valence-corrected chi connectivity index (χ2v) is 4.97. The van der Waals surface area contributed by atoms with Crippen LogP contribution in [-0.2, 0) is 11.2 Å². The topological polar surface area (TPSA) is 36.1 Å². The summed E-state index contributed by atoms with van der Waals surface area (Å²) in [6.45, 7) is 2.25. The van der Waals surface area contributed by atoms with Crippen LogP contribution in [0.5, 0.6) is 0 Å². The number of aromatic amines is 1. The van der Waals surface area contributed by atoms with Crippen LogP contribution in [0.1, 0.15) is 10.6 Å². The number of aryl methyl sites for hydroxylation is 1. The highest BCUT2D eigenvalue weighted by atomic mass is 32.1. The highest BCUT2D eigenvalue weighted by Gasteiger charge is 2.11. The van der Waals surface area contributed by atoms with Gasteiger partial charge in [0.1, 0.15) is 0 Å². The molecule has 0 aliphatic heterocycles. The van der Waals surface area contributed by atoms with Gasteiger partial charge in [-0.1, -0.05) is 5.92 Å². The molecule has 80 valence electrons. The molecule has 0 saturated heterocycles. The first-order chi connectivity index (χ1) is 7.04. The van der Waals surface area contributed by atoms with Crippen LogP contribution in [-0.4, -0.2) is 29.4 Å². The summed E-state index contributed by atoms with van der Waals surface area (Å²) in [5, 5.41) is 0. The second-order valence-electron chi connectivity index (χ2n) is 3.19. The molecule has 0 aliphatic carbocycles. The van der Waals surface area contributed by atoms with Crippen molar-refractivity contribution >= 4 is 29.5 Å². The van der Waals surface area contributed by atoms with E-state index in [1.54, 1.807) is 7.05 Å². The van der Waals surface area contributed by atoms with Crippen molar-refractivity contribution < 1.29 is 4.79 Å². The fraction of sp³-hybridized carbons (Fsp3) is 0.400. The summed E-state index contributed by atoms with van der Waals surface area (Å²) in [5.41, 5.74) is 0.965. The molecule has 0 bridgehead atoms. The van der Waals surface area contributed by atoms with Gasteiger partial charge in [0.05, 0.1) is 13.0 Å². The van der Waals surface area contributed by atoms with Crippen molar-refractivity contribution in [3.05, 3.63) is 14.5 Å². The smallest absolute Gasteiger partial charge is 0.228 e. The molecule has 15 heavy (non-hydrogen) atoms. The molecule has 0 saturated carbocycles. The SMILES string of the molecule is C#CCN(C)C(=O)Cc1sc(=S)[nH]c1C. The van der Waals surface area contributed by atoms with Crippen molar-refractivity contribution in [2.24, 2.45) is 0 Å². The van der Waals surface area contributed by atoms with Crippen LogP contribution in [0.2, 0.25) is 0 Å². The molecule has 5 heteroatoms. The summed E-state index contributed by atoms with van der Waals surface area (Å²) >= 11 is 6.43. The number of terminal acetylenes is 1. The van der Waals surface area contributed by atoms with Crippen LogP contribution < -0.4 is 0 Å². The van der Waals surface area contributed by atoms with Crippen molar-refractivity contribution in [3.8, 4) is 12.3 Å². The number of hydrogen-bond donors (Lipinski definition) is 1. The molecule has 1 aromatic rings. The molecule has 0 unspecified atom stereocenters. The number of amides is 1. The molecule has 0 aromatic carbocycles. The fourth-order valence-electron chi connectivity index (χ4n) is 1.10. The van der Waals surface area contributed by atoms with Crippen molar-refractivity contribution in [3.63, 3.8) is 0 Å². The number of carbonyl (C=O) groups is 1. The van der Waals surface area contributed by atoms with Crippen molar-refractivity contribution in [2.75, 3.05) is 13.6 Å². The highest BCUT2D eigenvalue weighted by molar-refractivity contribution is 7.73. The third-order valence-corrected chi connectivity index (χ3v) is 3.33. The van der Waals surface area contributed by atoms with E-state index in [1.165, 1.54) is 16.2 Å². The molecule has 1 N–H and O–H groups in total. The molecule has 0 atom stereocenters. The fourth-order valence-corrected chi connectivity index (χ4v) is 2.39. The number of rotatable bonds is 3. The summed E-state index contributed by atoms with van der Waals surface area (Å²) in [6.07, 6.45) is 5.49. The minimum Gasteiger partial charge on any atom is -0.341 e. The van der Waals surface area contributed by atoms with E-state index in [9.17, 15) is 4.79 Å². The van der Waals surface area contributed by atoms with Gasteiger partial charge < -0.3 is 9.88 Å². The van der Waals surface area contributed by atoms with E-state index in [0.717, 1.165) is 10.6 Å². The minimum atomic E-state index is 0.0151. The van der Waals surface area contributed by atoms with Gasteiger partial charge in [-0.15, -0.1) is 17.8 Å². The van der Waals surface area contributed by atoms with Crippen LogP contribution in [0.15, 0.2) is 0 Å². The Morgan fingerprint density at radius 2 is 2.40 bits per heavy atom. The first-order valence-corrected chi connectivity index (χ1v) is 5.63. The number of hydrogen-bond acceptors (Lipinski definition) is 3. The average Bonchev–Trinajstić information content (AvgIpc) is 2.45. The molecule has 0 radical (unpaired) electrons. The third-order valence-electron chi connectivity index (χ3n) is 1.99. The molecule has 1 rings (SSSR count). The molecule has 0 aliphatic rings. The van der Waals surface area contributed by atoms with Crippen LogP contribution in [0.4, 0.5) is 0 Å². The Hall–Kier alpha value is -1.12. The van der Waals surface area contributed by atoms with Gasteiger partial charge in [-0.3, -0.25) is 4.79 Å². The van der Waals surface area contributed by atoms with Crippen LogP contribution >= 0.6 is 23.6 Å². The number of aromatic nitrogens is 1. The lowest BCUT2D eigenvalue weighted by atomic mass is 10.3. The zero-order valence-electron chi connectivity index (χ0n) is 8.66. The summed E-state index contributed by atoms with van der Waals surface area (Å²) < 4.78 is 0.704. The predicted molar refractivity (Wildman–Crippen MR) is 64.4 cm³/mol. The Morgan fingerprint density at radius 3 is 2.87 bits per heavy atom. The van der Waals surface area contributed by atoms with Gasteiger partial charge in [-0.25, -0.2) is 0 Å². The number of thiazole rings is 1. The highest BCUT2D eigenvalue weighted by Crippen LogP contribution is 2.15. The molecule has 1 heterocycles. The summed E-state index contributed by atoms with van der Waals surface area (Å²) in [5.74, 6) is 2.45. The first-order valence-electron chi connectivity index (χ1n) is 4.40. The monoisotopic (exact) mass is 240 g/mol. The van der Waals surface area contributed by atoms with Crippen LogP contribution in [0, 0.1) is 23.2 Å². The van der Waals surface area contributed by atoms with E-state index in [0.29, 0.717) is 16.9 Å². The lowest BCUT2D eigenvalue weighted by Gasteiger charge is -2.12. The van der Waals surface area contributed by atoms with E-state index in [1.807, 2.05) is 6.92 Å². The average molecular weight is 240 g/mol. The van der Waals surface area contributed by atoms with E-state index in [2.05, 4.69) is 10.9 Å². The maximum atomic E-state index is 11.7. The number of likely N-dealkylation sites (N-methyl/N-ethyl adjacent to an activating group) is 1. The molecule has 0 fully saturated rings. The Labute approximate surface area is 98.1 Å². The van der Waals surface area contributed by atoms with E-state index in [-0.39, 0.29) is 5.91 Å². The maximum absolute atomic E-state index is 11.7. The minimum absolute atomic E-state index is 0.0151. The lowest BCUT2D eigenvalue weighted by Crippen LogP contribution is -2.28. The summed E-state index contributed by atoms with van der Waals surface area (Å²) in [7, 11) is 1.70. The van der Waals surface area contributed by atoms with Crippen LogP contribution in [0.3, 0.4) is 0 Å². The zero-order chi connectivity index (χ0) is 11.4. The van der Waals surface area contributed by atoms with Gasteiger partial charge >= 0.3 is 0 Å².